The van der Waals surface area contributed by atoms with Crippen LogP contribution in [0.2, 0.25) is 0 Å². The molecule has 0 N–H and O–H groups in total. The molecule has 0 atom stereocenters. The Hall–Kier alpha value is -2.16. The smallest absolute Gasteiger partial charge is 0.142 e. The van der Waals surface area contributed by atoms with Gasteiger partial charge < -0.3 is 4.84 Å². The number of rotatable bonds is 5. The van der Waals surface area contributed by atoms with E-state index in [1.807, 2.05) is 12.1 Å². The van der Waals surface area contributed by atoms with E-state index in [0.29, 0.717) is 6.61 Å². The van der Waals surface area contributed by atoms with Gasteiger partial charge in [0.25, 0.3) is 0 Å². The molecule has 0 unspecified atom stereocenters. The van der Waals surface area contributed by atoms with Crippen molar-refractivity contribution in [1.82, 2.24) is 0 Å². The number of nitrogens with zero attached hydrogens (tertiary/aromatic N) is 1. The van der Waals surface area contributed by atoms with Crippen molar-refractivity contribution < 1.29 is 9.23 Å². The van der Waals surface area contributed by atoms with Gasteiger partial charge in [0.15, 0.2) is 0 Å². The molecule has 0 heterocycles. The van der Waals surface area contributed by atoms with E-state index in [4.69, 9.17) is 4.84 Å². The van der Waals surface area contributed by atoms with Crippen molar-refractivity contribution >= 4 is 6.21 Å². The van der Waals surface area contributed by atoms with E-state index >= 15 is 0 Å². The molecule has 0 aliphatic rings. The molecule has 0 fully saturated rings. The van der Waals surface area contributed by atoms with E-state index in [1.54, 1.807) is 18.3 Å². The van der Waals surface area contributed by atoms with Crippen molar-refractivity contribution in [1.29, 1.82) is 0 Å². The first-order valence-corrected chi connectivity index (χ1v) is 6.26. The Bertz CT molecular complexity index is 549. The molecule has 2 aromatic rings. The highest BCUT2D eigenvalue weighted by Gasteiger charge is 1.95. The van der Waals surface area contributed by atoms with Crippen molar-refractivity contribution in [2.45, 2.75) is 20.0 Å². The second-order valence-electron chi connectivity index (χ2n) is 4.23. The zero-order chi connectivity index (χ0) is 13.5. The van der Waals surface area contributed by atoms with Gasteiger partial charge in [0.05, 0.1) is 6.21 Å². The van der Waals surface area contributed by atoms with Crippen molar-refractivity contribution in [2.24, 2.45) is 5.16 Å². The van der Waals surface area contributed by atoms with Crippen LogP contribution in [-0.4, -0.2) is 6.21 Å². The molecule has 3 heteroatoms. The Balaban J connectivity index is 1.87. The Morgan fingerprint density at radius 2 is 1.84 bits per heavy atom. The monoisotopic (exact) mass is 257 g/mol. The lowest BCUT2D eigenvalue weighted by molar-refractivity contribution is 0.132. The van der Waals surface area contributed by atoms with Gasteiger partial charge in [-0.2, -0.15) is 0 Å². The third-order valence-corrected chi connectivity index (χ3v) is 2.78. The Kier molecular flexibility index (Phi) is 4.67. The quantitative estimate of drug-likeness (QED) is 0.587. The zero-order valence-electron chi connectivity index (χ0n) is 10.8. The van der Waals surface area contributed by atoms with Crippen molar-refractivity contribution in [3.8, 4) is 0 Å². The summed E-state index contributed by atoms with van der Waals surface area (Å²) in [5, 5.41) is 3.87. The van der Waals surface area contributed by atoms with Gasteiger partial charge in [-0.15, -0.1) is 0 Å². The summed E-state index contributed by atoms with van der Waals surface area (Å²) in [5.41, 5.74) is 3.18. The molecule has 0 aliphatic carbocycles. The predicted molar refractivity (Wildman–Crippen MR) is 74.6 cm³/mol. The summed E-state index contributed by atoms with van der Waals surface area (Å²) in [6.07, 6.45) is 2.58. The van der Waals surface area contributed by atoms with Crippen LogP contribution >= 0.6 is 0 Å². The molecule has 98 valence electrons. The standard InChI is InChI=1S/C16H16FNO/c1-2-13-4-3-5-15(10-13)12-19-18-11-14-6-8-16(17)9-7-14/h3-11H,2,12H2,1H3. The number of benzene rings is 2. The molecule has 0 bridgehead atoms. The van der Waals surface area contributed by atoms with Gasteiger partial charge in [-0.3, -0.25) is 0 Å². The topological polar surface area (TPSA) is 21.6 Å². The molecule has 2 nitrogen and oxygen atoms in total. The minimum Gasteiger partial charge on any atom is -0.391 e. The highest BCUT2D eigenvalue weighted by Crippen LogP contribution is 2.07. The maximum atomic E-state index is 12.7. The van der Waals surface area contributed by atoms with Gasteiger partial charge in [0, 0.05) is 0 Å². The lowest BCUT2D eigenvalue weighted by Crippen LogP contribution is -1.90. The van der Waals surface area contributed by atoms with E-state index in [0.717, 1.165) is 17.5 Å². The van der Waals surface area contributed by atoms with Crippen molar-refractivity contribution in [3.05, 3.63) is 71.0 Å². The molecule has 2 aromatic carbocycles. The fourth-order valence-electron chi connectivity index (χ4n) is 1.70. The Morgan fingerprint density at radius 3 is 2.58 bits per heavy atom. The summed E-state index contributed by atoms with van der Waals surface area (Å²) in [4.78, 5) is 5.23. The first-order chi connectivity index (χ1) is 9.28. The third kappa shape index (κ3) is 4.21. The highest BCUT2D eigenvalue weighted by molar-refractivity contribution is 5.78. The van der Waals surface area contributed by atoms with Crippen molar-refractivity contribution in [2.75, 3.05) is 0 Å². The second kappa shape index (κ2) is 6.69. The average molecular weight is 257 g/mol. The minimum atomic E-state index is -0.255. The van der Waals surface area contributed by atoms with E-state index in [9.17, 15) is 4.39 Å². The Morgan fingerprint density at radius 1 is 1.11 bits per heavy atom. The lowest BCUT2D eigenvalue weighted by Gasteiger charge is -2.02. The fraction of sp³-hybridized carbons (Fsp3) is 0.188. The molecule has 0 radical (unpaired) electrons. The third-order valence-electron chi connectivity index (χ3n) is 2.78. The highest BCUT2D eigenvalue weighted by atomic mass is 19.1. The van der Waals surface area contributed by atoms with Crippen LogP contribution in [0.3, 0.4) is 0 Å². The maximum absolute atomic E-state index is 12.7. The number of hydrogen-bond donors (Lipinski definition) is 0. The largest absolute Gasteiger partial charge is 0.391 e. The van der Waals surface area contributed by atoms with Gasteiger partial charge in [-0.05, 0) is 35.2 Å². The van der Waals surface area contributed by atoms with E-state index in [-0.39, 0.29) is 5.82 Å². The van der Waals surface area contributed by atoms with Crippen LogP contribution in [0, 0.1) is 5.82 Å². The van der Waals surface area contributed by atoms with Crippen LogP contribution in [0.25, 0.3) is 0 Å². The first kappa shape index (κ1) is 13.3. The number of aryl methyl sites for hydroxylation is 1. The molecular weight excluding hydrogens is 241 g/mol. The van der Waals surface area contributed by atoms with Crippen LogP contribution in [0.15, 0.2) is 53.7 Å². The summed E-state index contributed by atoms with van der Waals surface area (Å²) in [6, 6.07) is 14.3. The van der Waals surface area contributed by atoms with E-state index in [2.05, 4.69) is 24.2 Å². The van der Waals surface area contributed by atoms with Crippen LogP contribution in [0.5, 0.6) is 0 Å². The lowest BCUT2D eigenvalue weighted by atomic mass is 10.1. The van der Waals surface area contributed by atoms with Gasteiger partial charge >= 0.3 is 0 Å². The fourth-order valence-corrected chi connectivity index (χ4v) is 1.70. The molecule has 0 spiro atoms. The molecular formula is C16H16FNO. The summed E-state index contributed by atoms with van der Waals surface area (Å²) in [6.45, 7) is 2.55. The van der Waals surface area contributed by atoms with Crippen LogP contribution in [-0.2, 0) is 17.9 Å². The molecule has 0 aliphatic heterocycles. The predicted octanol–water partition coefficient (Wildman–Crippen LogP) is 3.94. The maximum Gasteiger partial charge on any atom is 0.142 e. The molecule has 0 aromatic heterocycles. The first-order valence-electron chi connectivity index (χ1n) is 6.26. The van der Waals surface area contributed by atoms with Crippen LogP contribution in [0.4, 0.5) is 4.39 Å². The molecule has 19 heavy (non-hydrogen) atoms. The van der Waals surface area contributed by atoms with E-state index in [1.165, 1.54) is 17.7 Å². The van der Waals surface area contributed by atoms with Gasteiger partial charge in [-0.1, -0.05) is 48.5 Å². The zero-order valence-corrected chi connectivity index (χ0v) is 10.8. The van der Waals surface area contributed by atoms with Crippen LogP contribution < -0.4 is 0 Å². The normalized spacial score (nSPS) is 10.8. The van der Waals surface area contributed by atoms with Gasteiger partial charge in [-0.25, -0.2) is 4.39 Å². The summed E-state index contributed by atoms with van der Waals surface area (Å²) >= 11 is 0. The van der Waals surface area contributed by atoms with E-state index < -0.39 is 0 Å². The second-order valence-corrected chi connectivity index (χ2v) is 4.23. The van der Waals surface area contributed by atoms with Gasteiger partial charge in [0.1, 0.15) is 12.4 Å². The summed E-state index contributed by atoms with van der Waals surface area (Å²) < 4.78 is 12.7. The van der Waals surface area contributed by atoms with Crippen molar-refractivity contribution in [3.63, 3.8) is 0 Å². The minimum absolute atomic E-state index is 0.255. The molecule has 2 rings (SSSR count). The number of halogens is 1. The Labute approximate surface area is 112 Å². The molecule has 0 saturated carbocycles. The SMILES string of the molecule is CCc1cccc(CON=Cc2ccc(F)cc2)c1. The number of hydrogen-bond acceptors (Lipinski definition) is 2. The van der Waals surface area contributed by atoms with Crippen LogP contribution in [0.1, 0.15) is 23.6 Å². The summed E-state index contributed by atoms with van der Waals surface area (Å²) in [7, 11) is 0. The molecule has 0 amide bonds. The van der Waals surface area contributed by atoms with Gasteiger partial charge in [0.2, 0.25) is 0 Å². The molecule has 0 saturated heterocycles. The average Bonchev–Trinajstić information content (AvgIpc) is 2.46. The number of oxime groups is 1. The summed E-state index contributed by atoms with van der Waals surface area (Å²) in [5.74, 6) is -0.255.